The van der Waals surface area contributed by atoms with Crippen LogP contribution in [0, 0.1) is 20.8 Å². The first kappa shape index (κ1) is 24.0. The van der Waals surface area contributed by atoms with Crippen molar-refractivity contribution in [3.63, 3.8) is 0 Å². The lowest BCUT2D eigenvalue weighted by Crippen LogP contribution is -2.35. The van der Waals surface area contributed by atoms with Crippen molar-refractivity contribution in [3.05, 3.63) is 88.0 Å². The lowest BCUT2D eigenvalue weighted by Gasteiger charge is -2.23. The Bertz CT molecular complexity index is 1350. The van der Waals surface area contributed by atoms with Gasteiger partial charge in [-0.25, -0.2) is 13.1 Å². The molecular weight excluding hydrogens is 448 g/mol. The molecule has 1 N–H and O–H groups in total. The number of nitrogens with zero attached hydrogens (tertiary/aromatic N) is 1. The maximum absolute atomic E-state index is 13.3. The number of aryl methyl sites for hydroxylation is 3. The monoisotopic (exact) mass is 478 g/mol. The summed E-state index contributed by atoms with van der Waals surface area (Å²) in [4.78, 5) is 15.4. The largest absolute Gasteiger partial charge is 0.497 e. The summed E-state index contributed by atoms with van der Waals surface area (Å²) in [5.74, 6) is 0.609. The number of benzene rings is 3. The zero-order chi connectivity index (χ0) is 24.6. The van der Waals surface area contributed by atoms with Crippen molar-refractivity contribution >= 4 is 21.6 Å². The normalized spacial score (nSPS) is 15.3. The SMILES string of the molecule is COc1ccc(C(=O)N2c3cc(CNS(=O)(=O)c4cc(C)c(C)cc4C)ccc3C[C@@H]2C)cc1. The van der Waals surface area contributed by atoms with Crippen molar-refractivity contribution in [1.82, 2.24) is 4.72 Å². The maximum atomic E-state index is 13.3. The van der Waals surface area contributed by atoms with E-state index < -0.39 is 10.0 Å². The molecule has 7 heteroatoms. The highest BCUT2D eigenvalue weighted by Crippen LogP contribution is 2.34. The molecule has 178 valence electrons. The van der Waals surface area contributed by atoms with E-state index in [1.165, 1.54) is 0 Å². The summed E-state index contributed by atoms with van der Waals surface area (Å²) in [6.07, 6.45) is 0.755. The average molecular weight is 479 g/mol. The van der Waals surface area contributed by atoms with Crippen LogP contribution in [0.4, 0.5) is 5.69 Å². The van der Waals surface area contributed by atoms with Crippen molar-refractivity contribution in [3.8, 4) is 5.75 Å². The van der Waals surface area contributed by atoms with Crippen LogP contribution < -0.4 is 14.4 Å². The highest BCUT2D eigenvalue weighted by Gasteiger charge is 2.32. The molecule has 0 radical (unpaired) electrons. The minimum atomic E-state index is -3.68. The third-order valence-electron chi connectivity index (χ3n) is 6.47. The molecule has 0 saturated heterocycles. The molecule has 0 spiro atoms. The molecule has 0 fully saturated rings. The molecule has 1 atom stereocenters. The second kappa shape index (κ2) is 9.24. The van der Waals surface area contributed by atoms with Crippen LogP contribution in [0.5, 0.6) is 5.75 Å². The van der Waals surface area contributed by atoms with E-state index in [4.69, 9.17) is 4.74 Å². The molecule has 6 nitrogen and oxygen atoms in total. The van der Waals surface area contributed by atoms with Gasteiger partial charge in [0.05, 0.1) is 12.0 Å². The fraction of sp³-hybridized carbons (Fsp3) is 0.296. The van der Waals surface area contributed by atoms with Gasteiger partial charge in [0.25, 0.3) is 5.91 Å². The second-order valence-corrected chi connectivity index (χ2v) is 10.7. The summed E-state index contributed by atoms with van der Waals surface area (Å²) in [5, 5.41) is 0. The molecule has 0 saturated carbocycles. The molecule has 34 heavy (non-hydrogen) atoms. The van der Waals surface area contributed by atoms with Crippen LogP contribution in [0.1, 0.15) is 45.1 Å². The third kappa shape index (κ3) is 4.58. The standard InChI is InChI=1S/C27H30N2O4S/c1-17-12-19(3)26(13-18(17)2)34(31,32)28-16-21-6-7-23-14-20(4)29(25(23)15-21)27(30)22-8-10-24(33-5)11-9-22/h6-13,15,20,28H,14,16H2,1-5H3/t20-/m0/s1. The molecule has 3 aromatic rings. The molecule has 1 aliphatic heterocycles. The third-order valence-corrected chi connectivity index (χ3v) is 8.01. The Hall–Kier alpha value is -3.16. The van der Waals surface area contributed by atoms with Crippen LogP contribution in [-0.2, 0) is 23.0 Å². The highest BCUT2D eigenvalue weighted by molar-refractivity contribution is 7.89. The number of nitrogens with one attached hydrogen (secondary N) is 1. The van der Waals surface area contributed by atoms with Crippen molar-refractivity contribution in [2.24, 2.45) is 0 Å². The lowest BCUT2D eigenvalue weighted by atomic mass is 10.1. The van der Waals surface area contributed by atoms with Gasteiger partial charge in [0.1, 0.15) is 5.75 Å². The molecule has 0 bridgehead atoms. The number of amides is 1. The molecule has 1 amide bonds. The first-order valence-electron chi connectivity index (χ1n) is 11.3. The Kier molecular flexibility index (Phi) is 6.51. The van der Waals surface area contributed by atoms with E-state index in [-0.39, 0.29) is 18.5 Å². The maximum Gasteiger partial charge on any atom is 0.258 e. The van der Waals surface area contributed by atoms with Gasteiger partial charge in [-0.1, -0.05) is 18.2 Å². The second-order valence-electron chi connectivity index (χ2n) is 8.95. The number of carbonyl (C=O) groups excluding carboxylic acids is 1. The highest BCUT2D eigenvalue weighted by atomic mass is 32.2. The Labute approximate surface area is 201 Å². The van der Waals surface area contributed by atoms with Crippen molar-refractivity contribution in [2.45, 2.75) is 51.6 Å². The van der Waals surface area contributed by atoms with E-state index in [2.05, 4.69) is 4.72 Å². The van der Waals surface area contributed by atoms with Crippen LogP contribution in [0.15, 0.2) is 59.5 Å². The van der Waals surface area contributed by atoms with E-state index in [0.29, 0.717) is 16.2 Å². The minimum absolute atomic E-state index is 0.00901. The quantitative estimate of drug-likeness (QED) is 0.558. The Balaban J connectivity index is 1.57. The number of methoxy groups -OCH3 is 1. The first-order chi connectivity index (χ1) is 16.1. The number of carbonyl (C=O) groups is 1. The molecule has 0 unspecified atom stereocenters. The molecule has 0 aliphatic carbocycles. The van der Waals surface area contributed by atoms with Gasteiger partial charge in [0.2, 0.25) is 10.0 Å². The summed E-state index contributed by atoms with van der Waals surface area (Å²) < 4.78 is 33.9. The van der Waals surface area contributed by atoms with Crippen LogP contribution >= 0.6 is 0 Å². The summed E-state index contributed by atoms with van der Waals surface area (Å²) >= 11 is 0. The van der Waals surface area contributed by atoms with Crippen molar-refractivity contribution < 1.29 is 17.9 Å². The Morgan fingerprint density at radius 1 is 1.00 bits per heavy atom. The first-order valence-corrected chi connectivity index (χ1v) is 12.8. The summed E-state index contributed by atoms with van der Waals surface area (Å²) in [5.41, 5.74) is 5.99. The molecule has 3 aromatic carbocycles. The topological polar surface area (TPSA) is 75.7 Å². The van der Waals surface area contributed by atoms with Crippen LogP contribution in [-0.4, -0.2) is 27.5 Å². The molecular formula is C27H30N2O4S. The summed E-state index contributed by atoms with van der Waals surface area (Å²) in [7, 11) is -2.09. The molecule has 0 aromatic heterocycles. The zero-order valence-electron chi connectivity index (χ0n) is 20.2. The van der Waals surface area contributed by atoms with Crippen LogP contribution in [0.3, 0.4) is 0 Å². The van der Waals surface area contributed by atoms with Gasteiger partial charge in [-0.2, -0.15) is 0 Å². The number of hydrogen-bond donors (Lipinski definition) is 1. The fourth-order valence-corrected chi connectivity index (χ4v) is 5.75. The summed E-state index contributed by atoms with van der Waals surface area (Å²) in [6, 6.07) is 16.5. The molecule has 1 heterocycles. The number of rotatable bonds is 6. The van der Waals surface area contributed by atoms with Crippen molar-refractivity contribution in [1.29, 1.82) is 0 Å². The zero-order valence-corrected chi connectivity index (χ0v) is 21.0. The van der Waals surface area contributed by atoms with E-state index in [0.717, 1.165) is 39.9 Å². The van der Waals surface area contributed by atoms with Gasteiger partial charge in [-0.15, -0.1) is 0 Å². The Morgan fingerprint density at radius 3 is 2.35 bits per heavy atom. The van der Waals surface area contributed by atoms with Crippen LogP contribution in [0.25, 0.3) is 0 Å². The number of hydrogen-bond acceptors (Lipinski definition) is 4. The fourth-order valence-electron chi connectivity index (χ4n) is 4.43. The van der Waals surface area contributed by atoms with Gasteiger partial charge < -0.3 is 9.64 Å². The van der Waals surface area contributed by atoms with Gasteiger partial charge in [-0.05, 0) is 98.3 Å². The van der Waals surface area contributed by atoms with Crippen molar-refractivity contribution in [2.75, 3.05) is 12.0 Å². The van der Waals surface area contributed by atoms with Gasteiger partial charge in [0, 0.05) is 23.8 Å². The van der Waals surface area contributed by atoms with Crippen LogP contribution in [0.2, 0.25) is 0 Å². The molecule has 1 aliphatic rings. The number of sulfonamides is 1. The van der Waals surface area contributed by atoms with E-state index in [1.54, 1.807) is 49.3 Å². The average Bonchev–Trinajstić information content (AvgIpc) is 3.14. The number of fused-ring (bicyclic) bond motifs is 1. The Morgan fingerprint density at radius 2 is 1.68 bits per heavy atom. The lowest BCUT2D eigenvalue weighted by molar-refractivity contribution is 0.0981. The van der Waals surface area contributed by atoms with Gasteiger partial charge >= 0.3 is 0 Å². The summed E-state index contributed by atoms with van der Waals surface area (Å²) in [6.45, 7) is 7.84. The molecule has 4 rings (SSSR count). The predicted molar refractivity (Wildman–Crippen MR) is 134 cm³/mol. The number of ether oxygens (including phenoxy) is 1. The van der Waals surface area contributed by atoms with E-state index in [1.807, 2.05) is 45.0 Å². The van der Waals surface area contributed by atoms with E-state index >= 15 is 0 Å². The van der Waals surface area contributed by atoms with Gasteiger partial charge in [0.15, 0.2) is 0 Å². The number of anilines is 1. The minimum Gasteiger partial charge on any atom is -0.497 e. The van der Waals surface area contributed by atoms with Gasteiger partial charge in [-0.3, -0.25) is 4.79 Å². The smallest absolute Gasteiger partial charge is 0.258 e. The predicted octanol–water partition coefficient (Wildman–Crippen LogP) is 4.69. The van der Waals surface area contributed by atoms with E-state index in [9.17, 15) is 13.2 Å².